The van der Waals surface area contributed by atoms with E-state index in [-0.39, 0.29) is 11.3 Å². The topological polar surface area (TPSA) is 122 Å². The number of H-pyrrole nitrogens is 1. The highest BCUT2D eigenvalue weighted by atomic mass is 35.5. The summed E-state index contributed by atoms with van der Waals surface area (Å²) in [6.45, 7) is 0. The van der Waals surface area contributed by atoms with E-state index in [0.29, 0.717) is 15.7 Å². The Labute approximate surface area is 164 Å². The number of halogens is 4. The van der Waals surface area contributed by atoms with Crippen molar-refractivity contribution in [1.82, 2.24) is 9.55 Å². The molecule has 0 fully saturated rings. The van der Waals surface area contributed by atoms with Crippen LogP contribution in [0.25, 0.3) is 11.0 Å². The molecular weight excluding hydrogens is 440 g/mol. The third kappa shape index (κ3) is 4.70. The first-order valence-electron chi connectivity index (χ1n) is 7.71. The van der Waals surface area contributed by atoms with Crippen LogP contribution in [0.2, 0.25) is 5.02 Å². The fourth-order valence-electron chi connectivity index (χ4n) is 2.56. The van der Waals surface area contributed by atoms with Gasteiger partial charge < -0.3 is 19.5 Å². The molecule has 0 spiro atoms. The van der Waals surface area contributed by atoms with Crippen molar-refractivity contribution < 1.29 is 32.3 Å². The monoisotopic (exact) mass is 450 g/mol. The molecular formula is C16H11ClF3N2O6P. The number of alkyl halides is 3. The number of rotatable bonds is 4. The van der Waals surface area contributed by atoms with Crippen molar-refractivity contribution in [3.63, 3.8) is 0 Å². The Bertz CT molecular complexity index is 1250. The maximum absolute atomic E-state index is 13.5. The molecule has 3 N–H and O–H groups in total. The van der Waals surface area contributed by atoms with E-state index in [9.17, 15) is 37.1 Å². The smallest absolute Gasteiger partial charge is 0.420 e. The molecule has 0 radical (unpaired) electrons. The molecule has 0 atom stereocenters. The predicted molar refractivity (Wildman–Crippen MR) is 97.4 cm³/mol. The van der Waals surface area contributed by atoms with Gasteiger partial charge >= 0.3 is 24.9 Å². The second kappa shape index (κ2) is 7.34. The highest BCUT2D eigenvalue weighted by molar-refractivity contribution is 7.50. The molecule has 0 amide bonds. The molecule has 0 saturated heterocycles. The van der Waals surface area contributed by atoms with Gasteiger partial charge in [0.2, 0.25) is 0 Å². The van der Waals surface area contributed by atoms with Crippen LogP contribution in [0.5, 0.6) is 11.5 Å². The van der Waals surface area contributed by atoms with Gasteiger partial charge in [0.25, 0.3) is 0 Å². The molecule has 154 valence electrons. The summed E-state index contributed by atoms with van der Waals surface area (Å²) >= 11 is 5.73. The summed E-state index contributed by atoms with van der Waals surface area (Å²) in [5.74, 6) is -0.745. The molecule has 1 heterocycles. The van der Waals surface area contributed by atoms with Crippen molar-refractivity contribution in [2.75, 3.05) is 0 Å². The lowest BCUT2D eigenvalue weighted by atomic mass is 10.1. The summed E-state index contributed by atoms with van der Waals surface area (Å²) in [6.07, 6.45) is -6.09. The number of hydrogen-bond donors (Lipinski definition) is 3. The fourth-order valence-corrected chi connectivity index (χ4v) is 3.34. The Hall–Kier alpha value is -2.59. The van der Waals surface area contributed by atoms with Gasteiger partial charge in [0.1, 0.15) is 23.3 Å². The minimum Gasteiger partial charge on any atom is -0.457 e. The average Bonchev–Trinajstić information content (AvgIpc) is 2.59. The van der Waals surface area contributed by atoms with Crippen molar-refractivity contribution in [3.05, 3.63) is 67.7 Å². The summed E-state index contributed by atoms with van der Waals surface area (Å²) in [5.41, 5.74) is -4.73. The van der Waals surface area contributed by atoms with E-state index >= 15 is 0 Å². The molecule has 29 heavy (non-hydrogen) atoms. The molecule has 0 aliphatic rings. The van der Waals surface area contributed by atoms with Gasteiger partial charge in [0.05, 0.1) is 11.0 Å². The summed E-state index contributed by atoms with van der Waals surface area (Å²) in [7, 11) is -4.84. The molecule has 0 aliphatic heterocycles. The van der Waals surface area contributed by atoms with Crippen molar-refractivity contribution in [3.8, 4) is 11.5 Å². The standard InChI is InChI=1S/C16H11ClF3N2O6P/c17-8-1-3-9(4-2-8)28-13-6-12-11(5-10(13)16(18,19)20)21-14(23)15(24)22(12)7-29(25,26)27/h1-6H,7H2,(H,21,23)(H2,25,26,27). The summed E-state index contributed by atoms with van der Waals surface area (Å²) in [6, 6.07) is 6.68. The number of nitrogens with one attached hydrogen (secondary N) is 1. The molecule has 0 aliphatic carbocycles. The molecule has 2 aromatic carbocycles. The minimum atomic E-state index is -4.89. The maximum atomic E-state index is 13.5. The van der Waals surface area contributed by atoms with E-state index in [1.807, 2.05) is 4.98 Å². The molecule has 0 saturated carbocycles. The largest absolute Gasteiger partial charge is 0.457 e. The van der Waals surface area contributed by atoms with E-state index in [1.54, 1.807) is 0 Å². The summed E-state index contributed by atoms with van der Waals surface area (Å²) in [4.78, 5) is 44.1. The lowest BCUT2D eigenvalue weighted by molar-refractivity contribution is -0.138. The number of nitrogens with zero attached hydrogens (tertiary/aromatic N) is 1. The molecule has 3 aromatic rings. The maximum Gasteiger partial charge on any atom is 0.420 e. The third-order valence-electron chi connectivity index (χ3n) is 3.75. The van der Waals surface area contributed by atoms with Crippen LogP contribution in [0.3, 0.4) is 0 Å². The molecule has 0 bridgehead atoms. The van der Waals surface area contributed by atoms with Crippen molar-refractivity contribution in [2.24, 2.45) is 0 Å². The Balaban J connectivity index is 2.30. The summed E-state index contributed by atoms with van der Waals surface area (Å²) in [5, 5.41) is 0.319. The van der Waals surface area contributed by atoms with Crippen molar-refractivity contribution in [2.45, 2.75) is 12.5 Å². The number of ether oxygens (including phenoxy) is 1. The van der Waals surface area contributed by atoms with E-state index < -0.39 is 48.0 Å². The highest BCUT2D eigenvalue weighted by Gasteiger charge is 2.36. The van der Waals surface area contributed by atoms with Crippen LogP contribution in [0.1, 0.15) is 5.56 Å². The zero-order chi connectivity index (χ0) is 21.6. The van der Waals surface area contributed by atoms with Gasteiger partial charge in [-0.1, -0.05) is 11.6 Å². The van der Waals surface area contributed by atoms with Gasteiger partial charge in [-0.15, -0.1) is 0 Å². The van der Waals surface area contributed by atoms with Gasteiger partial charge in [0, 0.05) is 11.1 Å². The van der Waals surface area contributed by atoms with Gasteiger partial charge in [-0.25, -0.2) is 0 Å². The highest BCUT2D eigenvalue weighted by Crippen LogP contribution is 2.41. The first-order chi connectivity index (χ1) is 13.3. The molecule has 13 heteroatoms. The lowest BCUT2D eigenvalue weighted by Crippen LogP contribution is -2.36. The zero-order valence-corrected chi connectivity index (χ0v) is 15.8. The second-order valence-corrected chi connectivity index (χ2v) is 7.96. The summed E-state index contributed by atoms with van der Waals surface area (Å²) < 4.78 is 57.5. The fraction of sp³-hybridized carbons (Fsp3) is 0.125. The number of aromatic amines is 1. The predicted octanol–water partition coefficient (Wildman–Crippen LogP) is 3.29. The number of hydrogen-bond acceptors (Lipinski definition) is 4. The lowest BCUT2D eigenvalue weighted by Gasteiger charge is -2.17. The quantitative estimate of drug-likeness (QED) is 0.414. The van der Waals surface area contributed by atoms with Crippen LogP contribution >= 0.6 is 19.2 Å². The van der Waals surface area contributed by atoms with Gasteiger partial charge in [-0.2, -0.15) is 13.2 Å². The third-order valence-corrected chi connectivity index (χ3v) is 4.65. The van der Waals surface area contributed by atoms with Crippen LogP contribution in [0.4, 0.5) is 13.2 Å². The second-order valence-electron chi connectivity index (χ2n) is 5.91. The molecule has 3 rings (SSSR count). The normalized spacial score (nSPS) is 12.3. The van der Waals surface area contributed by atoms with E-state index in [0.717, 1.165) is 6.07 Å². The molecule has 1 aromatic heterocycles. The Morgan fingerprint density at radius 2 is 1.76 bits per heavy atom. The van der Waals surface area contributed by atoms with Crippen molar-refractivity contribution in [1.29, 1.82) is 0 Å². The average molecular weight is 451 g/mol. The Morgan fingerprint density at radius 1 is 1.14 bits per heavy atom. The SMILES string of the molecule is O=c1[nH]c2cc(C(F)(F)F)c(Oc3ccc(Cl)cc3)cc2n(CP(=O)(O)O)c1=O. The van der Waals surface area contributed by atoms with E-state index in [2.05, 4.69) is 0 Å². The Kier molecular flexibility index (Phi) is 5.35. The van der Waals surface area contributed by atoms with Crippen LogP contribution in [-0.4, -0.2) is 19.3 Å². The van der Waals surface area contributed by atoms with E-state index in [1.165, 1.54) is 24.3 Å². The van der Waals surface area contributed by atoms with E-state index in [4.69, 9.17) is 16.3 Å². The molecule has 8 nitrogen and oxygen atoms in total. The molecule has 0 unspecified atom stereocenters. The number of aromatic nitrogens is 2. The van der Waals surface area contributed by atoms with Gasteiger partial charge in [-0.3, -0.25) is 18.7 Å². The van der Waals surface area contributed by atoms with Crippen LogP contribution in [-0.2, 0) is 17.0 Å². The van der Waals surface area contributed by atoms with Crippen molar-refractivity contribution >= 4 is 30.2 Å². The Morgan fingerprint density at radius 3 is 2.31 bits per heavy atom. The van der Waals surface area contributed by atoms with Crippen LogP contribution in [0.15, 0.2) is 46.0 Å². The first kappa shape index (κ1) is 21.1. The minimum absolute atomic E-state index is 0.00689. The zero-order valence-electron chi connectivity index (χ0n) is 14.1. The van der Waals surface area contributed by atoms with Crippen LogP contribution in [0, 0.1) is 0 Å². The first-order valence-corrected chi connectivity index (χ1v) is 9.89. The number of benzene rings is 2. The van der Waals surface area contributed by atoms with Gasteiger partial charge in [-0.05, 0) is 30.3 Å². The van der Waals surface area contributed by atoms with Gasteiger partial charge in [0.15, 0.2) is 0 Å². The number of fused-ring (bicyclic) bond motifs is 1. The van der Waals surface area contributed by atoms with Crippen LogP contribution < -0.4 is 15.9 Å².